The summed E-state index contributed by atoms with van der Waals surface area (Å²) in [7, 11) is 0. The number of carbonyl (C=O) groups excluding carboxylic acids is 2. The van der Waals surface area contributed by atoms with Crippen LogP contribution in [0.2, 0.25) is 5.02 Å². The number of benzene rings is 3. The number of aryl methyl sites for hydroxylation is 1. The normalized spacial score (nSPS) is 16.7. The number of aliphatic hydroxyl groups is 1. The van der Waals surface area contributed by atoms with Gasteiger partial charge in [0.1, 0.15) is 11.5 Å². The molecular formula is C30H30ClNO6. The zero-order valence-corrected chi connectivity index (χ0v) is 22.5. The van der Waals surface area contributed by atoms with E-state index in [9.17, 15) is 19.8 Å². The number of phenols is 1. The van der Waals surface area contributed by atoms with Crippen LogP contribution in [0.3, 0.4) is 0 Å². The van der Waals surface area contributed by atoms with Crippen molar-refractivity contribution in [3.8, 4) is 17.2 Å². The Morgan fingerprint density at radius 3 is 2.45 bits per heavy atom. The number of ether oxygens (including phenoxy) is 2. The number of nitrogens with zero attached hydrogens (tertiary/aromatic N) is 1. The third-order valence-electron chi connectivity index (χ3n) is 6.45. The number of hydrogen-bond donors (Lipinski definition) is 2. The second-order valence-corrected chi connectivity index (χ2v) is 9.45. The topological polar surface area (TPSA) is 96.3 Å². The number of rotatable bonds is 8. The monoisotopic (exact) mass is 535 g/mol. The highest BCUT2D eigenvalue weighted by molar-refractivity contribution is 6.52. The van der Waals surface area contributed by atoms with E-state index in [1.807, 2.05) is 13.8 Å². The van der Waals surface area contributed by atoms with Gasteiger partial charge in [-0.2, -0.15) is 0 Å². The molecule has 1 saturated heterocycles. The molecule has 1 unspecified atom stereocenters. The van der Waals surface area contributed by atoms with Gasteiger partial charge < -0.3 is 19.7 Å². The molecule has 1 atom stereocenters. The molecule has 0 aliphatic carbocycles. The van der Waals surface area contributed by atoms with Gasteiger partial charge in [0.2, 0.25) is 0 Å². The summed E-state index contributed by atoms with van der Waals surface area (Å²) in [5.74, 6) is -1.15. The van der Waals surface area contributed by atoms with Crippen molar-refractivity contribution in [3.63, 3.8) is 0 Å². The van der Waals surface area contributed by atoms with Crippen LogP contribution in [-0.4, -0.2) is 35.1 Å². The number of aromatic hydroxyl groups is 1. The fourth-order valence-electron chi connectivity index (χ4n) is 4.55. The van der Waals surface area contributed by atoms with E-state index in [2.05, 4.69) is 0 Å². The first-order chi connectivity index (χ1) is 18.2. The highest BCUT2D eigenvalue weighted by Crippen LogP contribution is 2.45. The second kappa shape index (κ2) is 11.2. The molecular weight excluding hydrogens is 506 g/mol. The minimum atomic E-state index is -0.997. The van der Waals surface area contributed by atoms with E-state index in [1.54, 1.807) is 62.4 Å². The number of anilines is 1. The first kappa shape index (κ1) is 27.1. The molecule has 0 saturated carbocycles. The minimum absolute atomic E-state index is 0.0789. The SMILES string of the molecule is CCCOc1ccc(/C(O)=C2\C(=O)C(=O)N(c3cccc(Cl)c3C)C2c2ccc(O)c(OCC)c2)cc1C. The molecule has 2 N–H and O–H groups in total. The van der Waals surface area contributed by atoms with Crippen molar-refractivity contribution in [3.05, 3.63) is 87.4 Å². The molecule has 38 heavy (non-hydrogen) atoms. The fraction of sp³-hybridized carbons (Fsp3) is 0.267. The van der Waals surface area contributed by atoms with Crippen molar-refractivity contribution >= 4 is 34.7 Å². The van der Waals surface area contributed by atoms with E-state index in [-0.39, 0.29) is 22.8 Å². The average molecular weight is 536 g/mol. The predicted molar refractivity (Wildman–Crippen MR) is 147 cm³/mol. The fourth-order valence-corrected chi connectivity index (χ4v) is 4.72. The van der Waals surface area contributed by atoms with Crippen LogP contribution in [0, 0.1) is 13.8 Å². The predicted octanol–water partition coefficient (Wildman–Crippen LogP) is 6.48. The number of halogens is 1. The van der Waals surface area contributed by atoms with Gasteiger partial charge in [-0.15, -0.1) is 0 Å². The van der Waals surface area contributed by atoms with Gasteiger partial charge >= 0.3 is 0 Å². The van der Waals surface area contributed by atoms with Crippen molar-refractivity contribution in [2.24, 2.45) is 0 Å². The Bertz CT molecular complexity index is 1430. The summed E-state index contributed by atoms with van der Waals surface area (Å²) < 4.78 is 11.3. The summed E-state index contributed by atoms with van der Waals surface area (Å²) in [4.78, 5) is 28.3. The summed E-state index contributed by atoms with van der Waals surface area (Å²) in [6.45, 7) is 8.26. The Labute approximate surface area is 226 Å². The zero-order valence-electron chi connectivity index (χ0n) is 21.7. The number of amides is 1. The lowest BCUT2D eigenvalue weighted by molar-refractivity contribution is -0.132. The molecule has 0 radical (unpaired) electrons. The Morgan fingerprint density at radius 2 is 1.76 bits per heavy atom. The van der Waals surface area contributed by atoms with E-state index < -0.39 is 17.7 Å². The van der Waals surface area contributed by atoms with Gasteiger partial charge in [0, 0.05) is 16.3 Å². The number of carbonyl (C=O) groups is 2. The van der Waals surface area contributed by atoms with Crippen LogP contribution in [0.1, 0.15) is 48.6 Å². The lowest BCUT2D eigenvalue weighted by Crippen LogP contribution is -2.30. The van der Waals surface area contributed by atoms with Crippen molar-refractivity contribution in [2.75, 3.05) is 18.1 Å². The van der Waals surface area contributed by atoms with Crippen LogP contribution in [0.25, 0.3) is 5.76 Å². The van der Waals surface area contributed by atoms with Gasteiger partial charge in [0.05, 0.1) is 24.8 Å². The molecule has 3 aromatic rings. The third-order valence-corrected chi connectivity index (χ3v) is 6.86. The number of ketones is 1. The van der Waals surface area contributed by atoms with Crippen LogP contribution in [-0.2, 0) is 9.59 Å². The summed E-state index contributed by atoms with van der Waals surface area (Å²) in [5.41, 5.74) is 2.60. The summed E-state index contributed by atoms with van der Waals surface area (Å²) in [5, 5.41) is 22.2. The molecule has 1 aliphatic heterocycles. The molecule has 1 amide bonds. The van der Waals surface area contributed by atoms with Crippen LogP contribution in [0.5, 0.6) is 17.2 Å². The van der Waals surface area contributed by atoms with Gasteiger partial charge in [-0.3, -0.25) is 14.5 Å². The highest BCUT2D eigenvalue weighted by atomic mass is 35.5. The van der Waals surface area contributed by atoms with E-state index >= 15 is 0 Å². The number of Topliss-reactive ketones (excluding diaryl/α,β-unsaturated/α-hetero) is 1. The van der Waals surface area contributed by atoms with Crippen LogP contribution >= 0.6 is 11.6 Å². The molecule has 0 spiro atoms. The van der Waals surface area contributed by atoms with Gasteiger partial charge in [-0.05, 0) is 86.3 Å². The van der Waals surface area contributed by atoms with E-state index in [0.717, 1.165) is 12.0 Å². The Morgan fingerprint density at radius 1 is 1.00 bits per heavy atom. The highest BCUT2D eigenvalue weighted by Gasteiger charge is 2.47. The number of phenolic OH excluding ortho intramolecular Hbond substituents is 1. The zero-order chi connectivity index (χ0) is 27.6. The summed E-state index contributed by atoms with van der Waals surface area (Å²) in [6.07, 6.45) is 0.851. The largest absolute Gasteiger partial charge is 0.507 e. The van der Waals surface area contributed by atoms with Gasteiger partial charge in [0.15, 0.2) is 11.5 Å². The lowest BCUT2D eigenvalue weighted by Gasteiger charge is -2.27. The Hall–Kier alpha value is -3.97. The summed E-state index contributed by atoms with van der Waals surface area (Å²) >= 11 is 6.37. The second-order valence-electron chi connectivity index (χ2n) is 9.04. The third kappa shape index (κ3) is 4.94. The van der Waals surface area contributed by atoms with Gasteiger partial charge in [0.25, 0.3) is 11.7 Å². The van der Waals surface area contributed by atoms with E-state index in [0.29, 0.717) is 46.4 Å². The first-order valence-corrected chi connectivity index (χ1v) is 12.8. The molecule has 0 aromatic heterocycles. The summed E-state index contributed by atoms with van der Waals surface area (Å²) in [6, 6.07) is 13.8. The smallest absolute Gasteiger partial charge is 0.300 e. The van der Waals surface area contributed by atoms with Gasteiger partial charge in [-0.1, -0.05) is 30.7 Å². The molecule has 7 nitrogen and oxygen atoms in total. The van der Waals surface area contributed by atoms with Crippen molar-refractivity contribution in [1.29, 1.82) is 0 Å². The molecule has 1 fully saturated rings. The van der Waals surface area contributed by atoms with Crippen molar-refractivity contribution in [2.45, 2.75) is 40.2 Å². The van der Waals surface area contributed by atoms with E-state index in [4.69, 9.17) is 21.1 Å². The lowest BCUT2D eigenvalue weighted by atomic mass is 9.94. The molecule has 4 rings (SSSR count). The maximum atomic E-state index is 13.5. The maximum absolute atomic E-state index is 13.5. The van der Waals surface area contributed by atoms with Crippen LogP contribution in [0.4, 0.5) is 5.69 Å². The van der Waals surface area contributed by atoms with Gasteiger partial charge in [-0.25, -0.2) is 0 Å². The van der Waals surface area contributed by atoms with E-state index in [1.165, 1.54) is 11.0 Å². The Balaban J connectivity index is 1.94. The Kier molecular flexibility index (Phi) is 7.97. The maximum Gasteiger partial charge on any atom is 0.300 e. The standard InChI is InChI=1S/C30H30ClNO6/c1-5-14-38-24-13-11-20(15-17(24)3)28(34)26-27(19-10-12-23(33)25(16-19)37-6-2)32(30(36)29(26)35)22-9-7-8-21(31)18(22)4/h7-13,15-16,27,33-34H,5-6,14H2,1-4H3/b28-26+. The van der Waals surface area contributed by atoms with Crippen LogP contribution < -0.4 is 14.4 Å². The number of hydrogen-bond acceptors (Lipinski definition) is 6. The van der Waals surface area contributed by atoms with Crippen molar-refractivity contribution < 1.29 is 29.3 Å². The molecule has 198 valence electrons. The average Bonchev–Trinajstić information content (AvgIpc) is 3.16. The van der Waals surface area contributed by atoms with Crippen LogP contribution in [0.15, 0.2) is 60.2 Å². The molecule has 1 heterocycles. The first-order valence-electron chi connectivity index (χ1n) is 12.4. The quantitative estimate of drug-likeness (QED) is 0.195. The van der Waals surface area contributed by atoms with Crippen molar-refractivity contribution in [1.82, 2.24) is 0 Å². The molecule has 8 heteroatoms. The number of aliphatic hydroxyl groups excluding tert-OH is 1. The molecule has 1 aliphatic rings. The molecule has 3 aromatic carbocycles. The molecule has 0 bridgehead atoms. The minimum Gasteiger partial charge on any atom is -0.507 e.